The van der Waals surface area contributed by atoms with Gasteiger partial charge in [-0.05, 0) is 42.8 Å². The number of rotatable bonds is 5. The average Bonchev–Trinajstić information content (AvgIpc) is 3.50. The number of likely N-dealkylation sites (tertiary alicyclic amines) is 1. The molecule has 2 saturated heterocycles. The molecule has 2 aliphatic rings. The summed E-state index contributed by atoms with van der Waals surface area (Å²) in [5, 5.41) is 10.6. The molecule has 4 atom stereocenters. The number of amides is 1. The number of fused-ring (bicyclic) bond motifs is 1. The first-order valence-electron chi connectivity index (χ1n) is 10.3. The third kappa shape index (κ3) is 3.36. The van der Waals surface area contributed by atoms with Gasteiger partial charge >= 0.3 is 0 Å². The third-order valence-corrected chi connectivity index (χ3v) is 6.30. The number of benzene rings is 2. The number of nitrogens with zero attached hydrogens (tertiary/aromatic N) is 1. The molecule has 7 nitrogen and oxygen atoms in total. The Hall–Kier alpha value is -3.29. The van der Waals surface area contributed by atoms with Crippen molar-refractivity contribution in [1.29, 1.82) is 0 Å². The Kier molecular flexibility index (Phi) is 4.92. The molecule has 0 bridgehead atoms. The average molecular weight is 419 g/mol. The van der Waals surface area contributed by atoms with Crippen LogP contribution in [0.15, 0.2) is 65.3 Å². The van der Waals surface area contributed by atoms with Gasteiger partial charge in [0.15, 0.2) is 0 Å². The minimum Gasteiger partial charge on any atom is -0.508 e. The zero-order valence-corrected chi connectivity index (χ0v) is 17.4. The molecule has 2 aromatic carbocycles. The molecule has 4 unspecified atom stereocenters. The number of phenols is 1. The molecule has 0 saturated carbocycles. The van der Waals surface area contributed by atoms with Gasteiger partial charge in [0, 0.05) is 11.5 Å². The van der Waals surface area contributed by atoms with Crippen LogP contribution in [-0.4, -0.2) is 29.1 Å². The van der Waals surface area contributed by atoms with Crippen LogP contribution in [0.25, 0.3) is 0 Å². The summed E-state index contributed by atoms with van der Waals surface area (Å²) in [6.45, 7) is 2.37. The summed E-state index contributed by atoms with van der Waals surface area (Å²) in [6, 6.07) is 16.2. The zero-order valence-electron chi connectivity index (χ0n) is 17.4. The summed E-state index contributed by atoms with van der Waals surface area (Å²) in [5.41, 5.74) is 9.30. The summed E-state index contributed by atoms with van der Waals surface area (Å²) in [4.78, 5) is 15.3. The minimum absolute atomic E-state index is 0.00404. The van der Waals surface area contributed by atoms with Crippen LogP contribution in [-0.2, 0) is 11.3 Å². The molecular formula is C24H25N3O4. The maximum absolute atomic E-state index is 13.4. The molecule has 1 aromatic heterocycles. The Balaban J connectivity index is 1.58. The van der Waals surface area contributed by atoms with E-state index in [0.29, 0.717) is 6.54 Å². The smallest absolute Gasteiger partial charge is 0.242 e. The van der Waals surface area contributed by atoms with E-state index in [4.69, 9.17) is 9.15 Å². The molecule has 3 aromatic rings. The first kappa shape index (κ1) is 19.7. The molecule has 0 spiro atoms. The van der Waals surface area contributed by atoms with Crippen molar-refractivity contribution < 1.29 is 19.1 Å². The monoisotopic (exact) mass is 419 g/mol. The maximum Gasteiger partial charge on any atom is 0.242 e. The first-order valence-corrected chi connectivity index (χ1v) is 10.3. The number of methoxy groups -OCH3 is 1. The second kappa shape index (κ2) is 7.76. The number of aromatic hydroxyl groups is 1. The van der Waals surface area contributed by atoms with Crippen LogP contribution in [0.2, 0.25) is 0 Å². The largest absolute Gasteiger partial charge is 0.508 e. The van der Waals surface area contributed by atoms with E-state index in [1.165, 1.54) is 0 Å². The van der Waals surface area contributed by atoms with Gasteiger partial charge in [0.05, 0.1) is 32.0 Å². The molecule has 7 heteroatoms. The molecule has 0 aliphatic carbocycles. The van der Waals surface area contributed by atoms with Crippen molar-refractivity contribution in [3.05, 3.63) is 83.3 Å². The highest BCUT2D eigenvalue weighted by Gasteiger charge is 2.56. The van der Waals surface area contributed by atoms with E-state index in [-0.39, 0.29) is 29.7 Å². The fourth-order valence-electron chi connectivity index (χ4n) is 4.84. The van der Waals surface area contributed by atoms with Gasteiger partial charge in [-0.25, -0.2) is 10.9 Å². The number of aryl methyl sites for hydroxylation is 1. The van der Waals surface area contributed by atoms with Gasteiger partial charge in [0.2, 0.25) is 5.91 Å². The summed E-state index contributed by atoms with van der Waals surface area (Å²) >= 11 is 0. The van der Waals surface area contributed by atoms with Gasteiger partial charge in [-0.15, -0.1) is 0 Å². The lowest BCUT2D eigenvalue weighted by Gasteiger charge is -2.31. The van der Waals surface area contributed by atoms with Crippen LogP contribution < -0.4 is 15.6 Å². The fraction of sp³-hybridized carbons (Fsp3) is 0.292. The number of hydrogen-bond donors (Lipinski definition) is 3. The molecule has 5 rings (SSSR count). The highest BCUT2D eigenvalue weighted by Crippen LogP contribution is 2.49. The van der Waals surface area contributed by atoms with Crippen LogP contribution >= 0.6 is 0 Å². The lowest BCUT2D eigenvalue weighted by Crippen LogP contribution is -2.41. The van der Waals surface area contributed by atoms with Crippen LogP contribution in [0.4, 0.5) is 0 Å². The van der Waals surface area contributed by atoms with Crippen molar-refractivity contribution in [1.82, 2.24) is 15.8 Å². The number of hydrazine groups is 1. The van der Waals surface area contributed by atoms with Crippen molar-refractivity contribution >= 4 is 5.91 Å². The SMILES string of the molecule is COc1ccc(C2C3C(NNC3c3cc(C)ccc3O)C(=O)N2Cc2ccco2)cc1. The fourth-order valence-corrected chi connectivity index (χ4v) is 4.84. The van der Waals surface area contributed by atoms with Gasteiger partial charge in [-0.2, -0.15) is 0 Å². The Bertz CT molecular complexity index is 1080. The number of phenolic OH excluding ortho intramolecular Hbond substituents is 1. The van der Waals surface area contributed by atoms with E-state index in [0.717, 1.165) is 28.2 Å². The Morgan fingerprint density at radius 1 is 1.10 bits per heavy atom. The van der Waals surface area contributed by atoms with E-state index >= 15 is 0 Å². The van der Waals surface area contributed by atoms with E-state index < -0.39 is 6.04 Å². The van der Waals surface area contributed by atoms with Crippen LogP contribution in [0.1, 0.15) is 34.5 Å². The molecule has 160 valence electrons. The summed E-state index contributed by atoms with van der Waals surface area (Å²) < 4.78 is 10.9. The number of nitrogens with one attached hydrogen (secondary N) is 2. The number of furan rings is 1. The zero-order chi connectivity index (χ0) is 21.5. The lowest BCUT2D eigenvalue weighted by atomic mass is 9.83. The number of ether oxygens (including phenoxy) is 1. The predicted octanol–water partition coefficient (Wildman–Crippen LogP) is 3.22. The maximum atomic E-state index is 13.4. The van der Waals surface area contributed by atoms with Crippen molar-refractivity contribution in [3.8, 4) is 11.5 Å². The van der Waals surface area contributed by atoms with Gasteiger partial charge in [0.1, 0.15) is 23.3 Å². The van der Waals surface area contributed by atoms with Crippen LogP contribution in [0, 0.1) is 12.8 Å². The summed E-state index contributed by atoms with van der Waals surface area (Å²) in [7, 11) is 1.63. The van der Waals surface area contributed by atoms with Gasteiger partial charge in [-0.3, -0.25) is 4.79 Å². The quantitative estimate of drug-likeness (QED) is 0.589. The highest BCUT2D eigenvalue weighted by molar-refractivity contribution is 5.86. The van der Waals surface area contributed by atoms with Crippen molar-refractivity contribution in [2.24, 2.45) is 5.92 Å². The van der Waals surface area contributed by atoms with Crippen LogP contribution in [0.3, 0.4) is 0 Å². The van der Waals surface area contributed by atoms with Gasteiger partial charge in [-0.1, -0.05) is 29.8 Å². The minimum atomic E-state index is -0.410. The standard InChI is InChI=1S/C24H25N3O4/c1-14-5-10-19(28)18(12-14)21-20-22(26-25-21)24(29)27(13-17-4-3-11-31-17)23(20)15-6-8-16(30-2)9-7-15/h3-12,20-23,25-26,28H,13H2,1-2H3. The molecule has 31 heavy (non-hydrogen) atoms. The van der Waals surface area contributed by atoms with Crippen molar-refractivity contribution in [2.45, 2.75) is 31.6 Å². The van der Waals surface area contributed by atoms with E-state index in [1.807, 2.05) is 60.4 Å². The second-order valence-corrected chi connectivity index (χ2v) is 8.15. The second-order valence-electron chi connectivity index (χ2n) is 8.15. The third-order valence-electron chi connectivity index (χ3n) is 6.30. The molecule has 0 radical (unpaired) electrons. The van der Waals surface area contributed by atoms with Crippen molar-refractivity contribution in [3.63, 3.8) is 0 Å². The van der Waals surface area contributed by atoms with Gasteiger partial charge in [0.25, 0.3) is 0 Å². The topological polar surface area (TPSA) is 87.0 Å². The van der Waals surface area contributed by atoms with Crippen LogP contribution in [0.5, 0.6) is 11.5 Å². The van der Waals surface area contributed by atoms with E-state index in [2.05, 4.69) is 10.9 Å². The van der Waals surface area contributed by atoms with Crippen molar-refractivity contribution in [2.75, 3.05) is 7.11 Å². The molecule has 1 amide bonds. The lowest BCUT2D eigenvalue weighted by molar-refractivity contribution is -0.131. The first-order chi connectivity index (χ1) is 15.1. The Morgan fingerprint density at radius 2 is 1.87 bits per heavy atom. The molecule has 2 fully saturated rings. The van der Waals surface area contributed by atoms with Gasteiger partial charge < -0.3 is 19.2 Å². The Labute approximate surface area is 180 Å². The molecule has 3 heterocycles. The summed E-state index contributed by atoms with van der Waals surface area (Å²) in [6.07, 6.45) is 1.62. The highest BCUT2D eigenvalue weighted by atomic mass is 16.5. The molecule has 3 N–H and O–H groups in total. The predicted molar refractivity (Wildman–Crippen MR) is 114 cm³/mol. The normalized spacial score (nSPS) is 25.1. The van der Waals surface area contributed by atoms with E-state index in [1.54, 1.807) is 19.4 Å². The number of carbonyl (C=O) groups is 1. The molecular weight excluding hydrogens is 394 g/mol. The Morgan fingerprint density at radius 3 is 2.58 bits per heavy atom. The van der Waals surface area contributed by atoms with E-state index in [9.17, 15) is 9.90 Å². The number of carbonyl (C=O) groups excluding carboxylic acids is 1. The molecule has 2 aliphatic heterocycles. The summed E-state index contributed by atoms with van der Waals surface area (Å²) in [5.74, 6) is 1.59. The number of hydrogen-bond acceptors (Lipinski definition) is 6.